The van der Waals surface area contributed by atoms with Crippen molar-refractivity contribution in [3.8, 4) is 0 Å². The Bertz CT molecular complexity index is 275. The van der Waals surface area contributed by atoms with Gasteiger partial charge in [-0.1, -0.05) is 0 Å². The monoisotopic (exact) mass is 378 g/mol. The largest absolute Gasteiger partial charge is 0.392 e. The molecule has 0 aliphatic carbocycles. The summed E-state index contributed by atoms with van der Waals surface area (Å²) in [6.07, 6.45) is 0. The molecule has 0 aliphatic rings. The van der Waals surface area contributed by atoms with Gasteiger partial charge in [0, 0.05) is 9.13 Å². The van der Waals surface area contributed by atoms with E-state index in [0.29, 0.717) is 9.13 Å². The average Bonchev–Trinajstić information content (AvgIpc) is 1.96. The van der Waals surface area contributed by atoms with Crippen LogP contribution in [0.15, 0.2) is 12.1 Å². The number of halogens is 3. The summed E-state index contributed by atoms with van der Waals surface area (Å²) >= 11 is 4.00. The van der Waals surface area contributed by atoms with Crippen molar-refractivity contribution < 1.29 is 9.50 Å². The number of aliphatic hydroxyl groups excluding tert-OH is 1. The summed E-state index contributed by atoms with van der Waals surface area (Å²) in [4.78, 5) is 0. The van der Waals surface area contributed by atoms with Crippen molar-refractivity contribution in [3.05, 3.63) is 30.7 Å². The minimum atomic E-state index is -0.312. The summed E-state index contributed by atoms with van der Waals surface area (Å²) in [5.41, 5.74) is 0.362. The van der Waals surface area contributed by atoms with Gasteiger partial charge < -0.3 is 5.11 Å². The minimum Gasteiger partial charge on any atom is -0.392 e. The van der Waals surface area contributed by atoms with Crippen LogP contribution in [0.5, 0.6) is 0 Å². The zero-order valence-corrected chi connectivity index (χ0v) is 9.76. The Morgan fingerprint density at radius 1 is 1.36 bits per heavy atom. The lowest BCUT2D eigenvalue weighted by atomic mass is 10.2. The molecule has 0 aromatic heterocycles. The maximum atomic E-state index is 13.0. The number of aliphatic hydroxyl groups is 1. The molecule has 60 valence electrons. The second kappa shape index (κ2) is 3.99. The fourth-order valence-electron chi connectivity index (χ4n) is 0.724. The first kappa shape index (κ1) is 9.66. The highest BCUT2D eigenvalue weighted by molar-refractivity contribution is 14.1. The third-order valence-corrected chi connectivity index (χ3v) is 2.65. The van der Waals surface area contributed by atoms with Crippen molar-refractivity contribution in [1.82, 2.24) is 0 Å². The van der Waals surface area contributed by atoms with Gasteiger partial charge in [-0.25, -0.2) is 4.39 Å². The van der Waals surface area contributed by atoms with Gasteiger partial charge in [0.05, 0.1) is 10.2 Å². The van der Waals surface area contributed by atoms with E-state index in [2.05, 4.69) is 22.6 Å². The van der Waals surface area contributed by atoms with E-state index in [1.54, 1.807) is 12.1 Å². The number of hydrogen-bond donors (Lipinski definition) is 1. The molecule has 0 bridgehead atoms. The molecule has 1 N–H and O–H groups in total. The van der Waals surface area contributed by atoms with Crippen LogP contribution in [-0.2, 0) is 6.61 Å². The highest BCUT2D eigenvalue weighted by Gasteiger charge is 2.05. The average molecular weight is 378 g/mol. The molecule has 0 radical (unpaired) electrons. The Morgan fingerprint density at radius 2 is 2.00 bits per heavy atom. The first-order valence-corrected chi connectivity index (χ1v) is 5.05. The van der Waals surface area contributed by atoms with Crippen molar-refractivity contribution in [2.45, 2.75) is 6.61 Å². The van der Waals surface area contributed by atoms with E-state index in [1.165, 1.54) is 0 Å². The van der Waals surface area contributed by atoms with Gasteiger partial charge in [0.15, 0.2) is 0 Å². The maximum Gasteiger partial charge on any atom is 0.142 e. The van der Waals surface area contributed by atoms with Crippen LogP contribution in [0.2, 0.25) is 0 Å². The van der Waals surface area contributed by atoms with E-state index in [4.69, 9.17) is 5.11 Å². The molecule has 11 heavy (non-hydrogen) atoms. The molecule has 0 atom stereocenters. The van der Waals surface area contributed by atoms with Gasteiger partial charge in [-0.3, -0.25) is 0 Å². The lowest BCUT2D eigenvalue weighted by Gasteiger charge is -2.01. The molecule has 0 spiro atoms. The normalized spacial score (nSPS) is 10.2. The Morgan fingerprint density at radius 3 is 2.55 bits per heavy atom. The molecule has 4 heteroatoms. The second-order valence-corrected chi connectivity index (χ2v) is 4.43. The standard InChI is InChI=1S/C7H5FI2O/c8-7-4(3-11)1-5(9)2-6(7)10/h1-2,11H,3H2. The van der Waals surface area contributed by atoms with Crippen LogP contribution in [-0.4, -0.2) is 5.11 Å². The topological polar surface area (TPSA) is 20.2 Å². The summed E-state index contributed by atoms with van der Waals surface area (Å²) in [7, 11) is 0. The van der Waals surface area contributed by atoms with E-state index in [0.717, 1.165) is 3.57 Å². The lowest BCUT2D eigenvalue weighted by molar-refractivity contribution is 0.275. The van der Waals surface area contributed by atoms with Crippen molar-refractivity contribution in [2.75, 3.05) is 0 Å². The molecule has 0 amide bonds. The van der Waals surface area contributed by atoms with Gasteiger partial charge in [0.25, 0.3) is 0 Å². The smallest absolute Gasteiger partial charge is 0.142 e. The fraction of sp³-hybridized carbons (Fsp3) is 0.143. The molecular formula is C7H5FI2O. The molecule has 0 fully saturated rings. The Labute approximate surface area is 91.3 Å². The minimum absolute atomic E-state index is 0.237. The van der Waals surface area contributed by atoms with Crippen LogP contribution < -0.4 is 0 Å². The quantitative estimate of drug-likeness (QED) is 0.589. The molecule has 1 aromatic rings. The first-order chi connectivity index (χ1) is 5.15. The van der Waals surface area contributed by atoms with Gasteiger partial charge in [-0.05, 0) is 57.3 Å². The van der Waals surface area contributed by atoms with Crippen molar-refractivity contribution in [1.29, 1.82) is 0 Å². The van der Waals surface area contributed by atoms with Gasteiger partial charge >= 0.3 is 0 Å². The van der Waals surface area contributed by atoms with Crippen LogP contribution in [0.4, 0.5) is 4.39 Å². The van der Waals surface area contributed by atoms with Crippen LogP contribution in [0, 0.1) is 13.0 Å². The predicted molar refractivity (Wildman–Crippen MR) is 57.8 cm³/mol. The van der Waals surface area contributed by atoms with Crippen LogP contribution >= 0.6 is 45.2 Å². The molecular weight excluding hydrogens is 373 g/mol. The van der Waals surface area contributed by atoms with Gasteiger partial charge in [-0.15, -0.1) is 0 Å². The van der Waals surface area contributed by atoms with E-state index >= 15 is 0 Å². The molecule has 0 heterocycles. The fourth-order valence-corrected chi connectivity index (χ4v) is 2.69. The third kappa shape index (κ3) is 2.25. The molecule has 0 aliphatic heterocycles. The van der Waals surface area contributed by atoms with Gasteiger partial charge in [-0.2, -0.15) is 0 Å². The summed E-state index contributed by atoms with van der Waals surface area (Å²) in [6, 6.07) is 3.37. The summed E-state index contributed by atoms with van der Waals surface area (Å²) in [5.74, 6) is -0.312. The van der Waals surface area contributed by atoms with E-state index in [-0.39, 0.29) is 12.4 Å². The van der Waals surface area contributed by atoms with Crippen molar-refractivity contribution >= 4 is 45.2 Å². The molecule has 1 rings (SSSR count). The lowest BCUT2D eigenvalue weighted by Crippen LogP contribution is -1.93. The van der Waals surface area contributed by atoms with Crippen LogP contribution in [0.25, 0.3) is 0 Å². The highest BCUT2D eigenvalue weighted by atomic mass is 127. The Kier molecular flexibility index (Phi) is 3.51. The molecule has 1 aromatic carbocycles. The predicted octanol–water partition coefficient (Wildman–Crippen LogP) is 2.53. The van der Waals surface area contributed by atoms with E-state index in [9.17, 15) is 4.39 Å². The molecule has 0 saturated heterocycles. The SMILES string of the molecule is OCc1cc(I)cc(I)c1F. The molecule has 1 nitrogen and oxygen atoms in total. The number of hydrogen-bond acceptors (Lipinski definition) is 1. The zero-order chi connectivity index (χ0) is 8.43. The summed E-state index contributed by atoms with van der Waals surface area (Å²) < 4.78 is 14.5. The maximum absolute atomic E-state index is 13.0. The van der Waals surface area contributed by atoms with Crippen molar-refractivity contribution in [3.63, 3.8) is 0 Å². The number of benzene rings is 1. The Hall–Kier alpha value is 0.570. The van der Waals surface area contributed by atoms with Crippen LogP contribution in [0.1, 0.15) is 5.56 Å². The second-order valence-electron chi connectivity index (χ2n) is 2.02. The van der Waals surface area contributed by atoms with Gasteiger partial charge in [0.2, 0.25) is 0 Å². The highest BCUT2D eigenvalue weighted by Crippen LogP contribution is 2.19. The van der Waals surface area contributed by atoms with E-state index in [1.807, 2.05) is 22.6 Å². The molecule has 0 saturated carbocycles. The third-order valence-electron chi connectivity index (χ3n) is 1.24. The number of rotatable bonds is 1. The summed E-state index contributed by atoms with van der Waals surface area (Å²) in [5, 5.41) is 8.72. The molecule has 0 unspecified atom stereocenters. The first-order valence-electron chi connectivity index (χ1n) is 2.89. The van der Waals surface area contributed by atoms with Gasteiger partial charge in [0.1, 0.15) is 5.82 Å². The summed E-state index contributed by atoms with van der Waals surface area (Å²) in [6.45, 7) is -0.237. The van der Waals surface area contributed by atoms with Crippen LogP contribution in [0.3, 0.4) is 0 Å². The van der Waals surface area contributed by atoms with E-state index < -0.39 is 0 Å². The zero-order valence-electron chi connectivity index (χ0n) is 5.44. The Balaban J connectivity index is 3.24. The van der Waals surface area contributed by atoms with Crippen molar-refractivity contribution in [2.24, 2.45) is 0 Å².